The Labute approximate surface area is 73.7 Å². The molecule has 1 unspecified atom stereocenters. The van der Waals surface area contributed by atoms with Gasteiger partial charge < -0.3 is 10.2 Å². The number of rotatable bonds is 3. The molecular weight excluding hydrogens is 156 g/mol. The van der Waals surface area contributed by atoms with E-state index in [1.165, 1.54) is 24.6 Å². The Morgan fingerprint density at radius 1 is 1.64 bits per heavy atom. The normalized spacial score (nSPS) is 25.9. The summed E-state index contributed by atoms with van der Waals surface area (Å²) in [7, 11) is 2.18. The third-order valence-electron chi connectivity index (χ3n) is 2.07. The number of nitrogens with one attached hydrogen (secondary N) is 1. The first-order chi connectivity index (χ1) is 5.33. The van der Waals surface area contributed by atoms with Crippen molar-refractivity contribution in [2.75, 3.05) is 38.2 Å². The molecule has 66 valence electrons. The molecule has 1 fully saturated rings. The summed E-state index contributed by atoms with van der Waals surface area (Å²) in [5.74, 6) is 2.57. The van der Waals surface area contributed by atoms with E-state index in [0.717, 1.165) is 12.6 Å². The molecule has 0 aliphatic carbocycles. The van der Waals surface area contributed by atoms with Crippen LogP contribution in [0.5, 0.6) is 0 Å². The standard InChI is InChI=1S/C8H18N2S/c1-3-10(2)6-8-7-11-5-4-9-8/h8-9H,3-7H2,1-2H3. The van der Waals surface area contributed by atoms with Crippen LogP contribution >= 0.6 is 11.8 Å². The van der Waals surface area contributed by atoms with Crippen molar-refractivity contribution in [3.63, 3.8) is 0 Å². The van der Waals surface area contributed by atoms with Crippen LogP contribution < -0.4 is 5.32 Å². The van der Waals surface area contributed by atoms with E-state index in [-0.39, 0.29) is 0 Å². The van der Waals surface area contributed by atoms with Crippen LogP contribution in [0.3, 0.4) is 0 Å². The average Bonchev–Trinajstić information content (AvgIpc) is 2.06. The third kappa shape index (κ3) is 3.45. The minimum atomic E-state index is 0.721. The van der Waals surface area contributed by atoms with Gasteiger partial charge in [-0.1, -0.05) is 6.92 Å². The molecule has 0 aromatic heterocycles. The Kier molecular flexibility index (Phi) is 4.26. The Bertz CT molecular complexity index is 102. The Morgan fingerprint density at radius 2 is 2.45 bits per heavy atom. The van der Waals surface area contributed by atoms with E-state index in [4.69, 9.17) is 0 Å². The van der Waals surface area contributed by atoms with Crippen molar-refractivity contribution >= 4 is 11.8 Å². The molecule has 1 heterocycles. The number of hydrogen-bond acceptors (Lipinski definition) is 3. The van der Waals surface area contributed by atoms with Gasteiger partial charge >= 0.3 is 0 Å². The minimum Gasteiger partial charge on any atom is -0.311 e. The smallest absolute Gasteiger partial charge is 0.0285 e. The van der Waals surface area contributed by atoms with E-state index in [2.05, 4.69) is 35.9 Å². The fourth-order valence-electron chi connectivity index (χ4n) is 1.24. The summed E-state index contributed by atoms with van der Waals surface area (Å²) in [6, 6.07) is 0.721. The second kappa shape index (κ2) is 5.01. The quantitative estimate of drug-likeness (QED) is 0.676. The number of hydrogen-bond donors (Lipinski definition) is 1. The van der Waals surface area contributed by atoms with Crippen LogP contribution in [0.4, 0.5) is 0 Å². The first-order valence-electron chi connectivity index (χ1n) is 4.32. The second-order valence-corrected chi connectivity index (χ2v) is 4.23. The van der Waals surface area contributed by atoms with Crippen molar-refractivity contribution in [2.45, 2.75) is 13.0 Å². The first kappa shape index (κ1) is 9.36. The number of likely N-dealkylation sites (N-methyl/N-ethyl adjacent to an activating group) is 1. The van der Waals surface area contributed by atoms with Crippen LogP contribution in [0.1, 0.15) is 6.92 Å². The molecular formula is C8H18N2S. The lowest BCUT2D eigenvalue weighted by Gasteiger charge is -2.27. The van der Waals surface area contributed by atoms with Gasteiger partial charge in [0.1, 0.15) is 0 Å². The monoisotopic (exact) mass is 174 g/mol. The highest BCUT2D eigenvalue weighted by Crippen LogP contribution is 2.07. The lowest BCUT2D eigenvalue weighted by atomic mass is 10.3. The molecule has 0 aromatic rings. The summed E-state index contributed by atoms with van der Waals surface area (Å²) in [5.41, 5.74) is 0. The lowest BCUT2D eigenvalue weighted by molar-refractivity contribution is 0.313. The summed E-state index contributed by atoms with van der Waals surface area (Å²) < 4.78 is 0. The number of thioether (sulfide) groups is 1. The largest absolute Gasteiger partial charge is 0.311 e. The molecule has 0 aromatic carbocycles. The van der Waals surface area contributed by atoms with Crippen LogP contribution in [0.15, 0.2) is 0 Å². The lowest BCUT2D eigenvalue weighted by Crippen LogP contribution is -2.44. The fourth-order valence-corrected chi connectivity index (χ4v) is 2.18. The average molecular weight is 174 g/mol. The van der Waals surface area contributed by atoms with Crippen LogP contribution in [0, 0.1) is 0 Å². The highest BCUT2D eigenvalue weighted by atomic mass is 32.2. The summed E-state index contributed by atoms with van der Waals surface area (Å²) in [6.45, 7) is 5.75. The predicted octanol–water partition coefficient (Wildman–Crippen LogP) is 0.643. The maximum Gasteiger partial charge on any atom is 0.0285 e. The Morgan fingerprint density at radius 3 is 3.00 bits per heavy atom. The molecule has 11 heavy (non-hydrogen) atoms. The van der Waals surface area contributed by atoms with Crippen LogP contribution in [0.25, 0.3) is 0 Å². The summed E-state index contributed by atoms with van der Waals surface area (Å²) in [5, 5.41) is 3.52. The van der Waals surface area contributed by atoms with E-state index in [1.54, 1.807) is 0 Å². The highest BCUT2D eigenvalue weighted by Gasteiger charge is 2.13. The highest BCUT2D eigenvalue weighted by molar-refractivity contribution is 7.99. The third-order valence-corrected chi connectivity index (χ3v) is 3.20. The molecule has 0 spiro atoms. The van der Waals surface area contributed by atoms with Gasteiger partial charge in [0.05, 0.1) is 0 Å². The summed E-state index contributed by atoms with van der Waals surface area (Å²) >= 11 is 2.07. The van der Waals surface area contributed by atoms with Gasteiger partial charge in [-0.15, -0.1) is 0 Å². The molecule has 3 heteroatoms. The Balaban J connectivity index is 2.13. The molecule has 1 atom stereocenters. The summed E-state index contributed by atoms with van der Waals surface area (Å²) in [6.07, 6.45) is 0. The molecule has 2 nitrogen and oxygen atoms in total. The molecule has 0 saturated carbocycles. The minimum absolute atomic E-state index is 0.721. The van der Waals surface area contributed by atoms with Crippen molar-refractivity contribution in [1.82, 2.24) is 10.2 Å². The zero-order valence-corrected chi connectivity index (χ0v) is 8.28. The zero-order valence-electron chi connectivity index (χ0n) is 7.47. The fraction of sp³-hybridized carbons (Fsp3) is 1.00. The molecule has 1 rings (SSSR count). The van der Waals surface area contributed by atoms with E-state index in [9.17, 15) is 0 Å². The number of nitrogens with zero attached hydrogens (tertiary/aromatic N) is 1. The van der Waals surface area contributed by atoms with Crippen molar-refractivity contribution in [2.24, 2.45) is 0 Å². The van der Waals surface area contributed by atoms with Crippen molar-refractivity contribution in [3.05, 3.63) is 0 Å². The SMILES string of the molecule is CCN(C)CC1CSCCN1. The molecule has 1 aliphatic heterocycles. The molecule has 1 N–H and O–H groups in total. The second-order valence-electron chi connectivity index (χ2n) is 3.08. The van der Waals surface area contributed by atoms with Gasteiger partial charge in [0, 0.05) is 30.6 Å². The van der Waals surface area contributed by atoms with Gasteiger partial charge in [0.25, 0.3) is 0 Å². The molecule has 1 aliphatic rings. The maximum atomic E-state index is 3.52. The van der Waals surface area contributed by atoms with Crippen LogP contribution in [-0.2, 0) is 0 Å². The molecule has 0 bridgehead atoms. The van der Waals surface area contributed by atoms with Crippen molar-refractivity contribution < 1.29 is 0 Å². The van der Waals surface area contributed by atoms with Gasteiger partial charge in [-0.25, -0.2) is 0 Å². The summed E-state index contributed by atoms with van der Waals surface area (Å²) in [4.78, 5) is 2.36. The van der Waals surface area contributed by atoms with Gasteiger partial charge in [0.2, 0.25) is 0 Å². The van der Waals surface area contributed by atoms with E-state index >= 15 is 0 Å². The zero-order chi connectivity index (χ0) is 8.10. The van der Waals surface area contributed by atoms with Gasteiger partial charge in [-0.2, -0.15) is 11.8 Å². The van der Waals surface area contributed by atoms with Crippen LogP contribution in [0.2, 0.25) is 0 Å². The predicted molar refractivity (Wildman–Crippen MR) is 52.3 cm³/mol. The Hall–Kier alpha value is 0.270. The van der Waals surface area contributed by atoms with Crippen molar-refractivity contribution in [1.29, 1.82) is 0 Å². The molecule has 1 saturated heterocycles. The first-order valence-corrected chi connectivity index (χ1v) is 5.48. The van der Waals surface area contributed by atoms with Crippen LogP contribution in [-0.4, -0.2) is 49.1 Å². The maximum absolute atomic E-state index is 3.52. The van der Waals surface area contributed by atoms with Gasteiger partial charge in [0.15, 0.2) is 0 Å². The molecule has 0 radical (unpaired) electrons. The van der Waals surface area contributed by atoms with Gasteiger partial charge in [-0.3, -0.25) is 0 Å². The van der Waals surface area contributed by atoms with E-state index < -0.39 is 0 Å². The molecule has 0 amide bonds. The van der Waals surface area contributed by atoms with E-state index in [0.29, 0.717) is 0 Å². The van der Waals surface area contributed by atoms with Gasteiger partial charge in [-0.05, 0) is 13.6 Å². The van der Waals surface area contributed by atoms with Crippen molar-refractivity contribution in [3.8, 4) is 0 Å². The topological polar surface area (TPSA) is 15.3 Å². The van der Waals surface area contributed by atoms with E-state index in [1.807, 2.05) is 0 Å².